The zero-order chi connectivity index (χ0) is 12.8. The van der Waals surface area contributed by atoms with Gasteiger partial charge in [-0.05, 0) is 25.7 Å². The van der Waals surface area contributed by atoms with Crippen LogP contribution in [0.25, 0.3) is 0 Å². The summed E-state index contributed by atoms with van der Waals surface area (Å²) >= 11 is 0. The predicted molar refractivity (Wildman–Crippen MR) is 67.3 cm³/mol. The van der Waals surface area contributed by atoms with Crippen LogP contribution in [0.2, 0.25) is 0 Å². The molecule has 0 rings (SSSR count). The lowest BCUT2D eigenvalue weighted by Gasteiger charge is -2.30. The molecule has 0 aromatic carbocycles. The second-order valence-electron chi connectivity index (χ2n) is 4.86. The Balaban J connectivity index is 4.51. The molecule has 1 unspecified atom stereocenters. The van der Waals surface area contributed by atoms with Gasteiger partial charge in [-0.3, -0.25) is 0 Å². The molecule has 0 aliphatic rings. The first-order chi connectivity index (χ1) is 7.24. The summed E-state index contributed by atoms with van der Waals surface area (Å²) in [5, 5.41) is 0. The summed E-state index contributed by atoms with van der Waals surface area (Å²) in [6.45, 7) is 8.57. The highest BCUT2D eigenvalue weighted by Crippen LogP contribution is 2.15. The summed E-state index contributed by atoms with van der Waals surface area (Å²) < 4.78 is 28.4. The lowest BCUT2D eigenvalue weighted by Crippen LogP contribution is -2.55. The molecule has 5 nitrogen and oxygen atoms in total. The Kier molecular flexibility index (Phi) is 6.47. The average Bonchev–Trinajstić information content (AvgIpc) is 2.12. The van der Waals surface area contributed by atoms with Crippen LogP contribution in [0, 0.1) is 5.92 Å². The van der Waals surface area contributed by atoms with Crippen LogP contribution < -0.4 is 15.2 Å². The van der Waals surface area contributed by atoms with Crippen molar-refractivity contribution in [1.82, 2.24) is 9.44 Å². The number of hydrogen-bond donors (Lipinski definition) is 3. The summed E-state index contributed by atoms with van der Waals surface area (Å²) in [4.78, 5) is 0. The molecule has 0 bridgehead atoms. The average molecular weight is 251 g/mol. The number of nitrogens with two attached hydrogens (primary N) is 1. The fourth-order valence-electron chi connectivity index (χ4n) is 1.66. The second kappa shape index (κ2) is 6.54. The molecule has 6 heteroatoms. The van der Waals surface area contributed by atoms with Gasteiger partial charge in [-0.15, -0.1) is 0 Å². The van der Waals surface area contributed by atoms with Gasteiger partial charge < -0.3 is 5.73 Å². The van der Waals surface area contributed by atoms with E-state index in [-0.39, 0.29) is 6.54 Å². The van der Waals surface area contributed by atoms with Gasteiger partial charge in [-0.2, -0.15) is 13.1 Å². The number of nitrogens with one attached hydrogen (secondary N) is 2. The fraction of sp³-hybridized carbons (Fsp3) is 1.00. The minimum absolute atomic E-state index is 0.290. The number of rotatable bonds is 8. The molecule has 0 aromatic rings. The fourth-order valence-corrected chi connectivity index (χ4v) is 3.03. The zero-order valence-corrected chi connectivity index (χ0v) is 11.5. The topological polar surface area (TPSA) is 84.2 Å². The molecule has 0 radical (unpaired) electrons. The summed E-state index contributed by atoms with van der Waals surface area (Å²) in [5.41, 5.74) is 5.06. The molecule has 0 fully saturated rings. The van der Waals surface area contributed by atoms with E-state index >= 15 is 0 Å². The van der Waals surface area contributed by atoms with Crippen LogP contribution in [0.4, 0.5) is 0 Å². The first-order valence-corrected chi connectivity index (χ1v) is 7.21. The maximum absolute atomic E-state index is 11.7. The first-order valence-electron chi connectivity index (χ1n) is 5.73. The quantitative estimate of drug-likeness (QED) is 0.590. The maximum Gasteiger partial charge on any atom is 0.277 e. The molecule has 16 heavy (non-hydrogen) atoms. The summed E-state index contributed by atoms with van der Waals surface area (Å²) in [5.74, 6) is 0.391. The van der Waals surface area contributed by atoms with Gasteiger partial charge in [0.05, 0.1) is 0 Å². The van der Waals surface area contributed by atoms with E-state index in [1.54, 1.807) is 0 Å². The van der Waals surface area contributed by atoms with E-state index in [0.29, 0.717) is 12.5 Å². The van der Waals surface area contributed by atoms with E-state index in [9.17, 15) is 8.42 Å². The smallest absolute Gasteiger partial charge is 0.277 e. The Morgan fingerprint density at radius 3 is 2.31 bits per heavy atom. The molecular formula is C10H25N3O2S. The molecule has 0 saturated carbocycles. The maximum atomic E-state index is 11.7. The minimum atomic E-state index is -3.44. The lowest BCUT2D eigenvalue weighted by molar-refractivity contribution is 0.343. The van der Waals surface area contributed by atoms with Gasteiger partial charge in [0.25, 0.3) is 10.2 Å². The van der Waals surface area contributed by atoms with Crippen molar-refractivity contribution in [3.63, 3.8) is 0 Å². The van der Waals surface area contributed by atoms with Crippen LogP contribution in [0.1, 0.15) is 40.5 Å². The van der Waals surface area contributed by atoms with Crippen molar-refractivity contribution < 1.29 is 8.42 Å². The molecule has 0 spiro atoms. The van der Waals surface area contributed by atoms with E-state index in [2.05, 4.69) is 9.44 Å². The Bertz CT molecular complexity index is 290. The van der Waals surface area contributed by atoms with Crippen molar-refractivity contribution in [2.75, 3.05) is 13.1 Å². The van der Waals surface area contributed by atoms with E-state index < -0.39 is 15.7 Å². The zero-order valence-electron chi connectivity index (χ0n) is 10.7. The lowest BCUT2D eigenvalue weighted by atomic mass is 9.92. The molecular weight excluding hydrogens is 226 g/mol. The Morgan fingerprint density at radius 2 is 1.94 bits per heavy atom. The molecule has 1 atom stereocenters. The first kappa shape index (κ1) is 15.8. The van der Waals surface area contributed by atoms with Gasteiger partial charge in [0.2, 0.25) is 0 Å². The third-order valence-electron chi connectivity index (χ3n) is 2.23. The summed E-state index contributed by atoms with van der Waals surface area (Å²) in [6, 6.07) is 0. The highest BCUT2D eigenvalue weighted by atomic mass is 32.2. The molecule has 0 aliphatic heterocycles. The third kappa shape index (κ3) is 6.42. The van der Waals surface area contributed by atoms with Crippen LogP contribution in [-0.2, 0) is 10.2 Å². The monoisotopic (exact) mass is 251 g/mol. The van der Waals surface area contributed by atoms with Crippen LogP contribution in [0.3, 0.4) is 0 Å². The second-order valence-corrected chi connectivity index (χ2v) is 6.36. The number of hydrogen-bond acceptors (Lipinski definition) is 3. The van der Waals surface area contributed by atoms with E-state index in [4.69, 9.17) is 5.73 Å². The van der Waals surface area contributed by atoms with Crippen LogP contribution >= 0.6 is 0 Å². The van der Waals surface area contributed by atoms with E-state index in [1.165, 1.54) is 0 Å². The van der Waals surface area contributed by atoms with Gasteiger partial charge in [0.1, 0.15) is 0 Å². The summed E-state index contributed by atoms with van der Waals surface area (Å²) in [6.07, 6.45) is 1.49. The highest BCUT2D eigenvalue weighted by Gasteiger charge is 2.28. The molecule has 98 valence electrons. The SMILES string of the molecule is CCCNS(=O)(=O)NC(C)(CN)CC(C)C. The van der Waals surface area contributed by atoms with E-state index in [0.717, 1.165) is 12.8 Å². The largest absolute Gasteiger partial charge is 0.329 e. The summed E-state index contributed by atoms with van der Waals surface area (Å²) in [7, 11) is -3.44. The molecule has 0 heterocycles. The van der Waals surface area contributed by atoms with Gasteiger partial charge in [-0.1, -0.05) is 20.8 Å². The van der Waals surface area contributed by atoms with Gasteiger partial charge >= 0.3 is 0 Å². The van der Waals surface area contributed by atoms with Crippen LogP contribution in [0.15, 0.2) is 0 Å². The Morgan fingerprint density at radius 1 is 1.38 bits per heavy atom. The predicted octanol–water partition coefficient (Wildman–Crippen LogP) is 0.584. The molecule has 0 aliphatic carbocycles. The van der Waals surface area contributed by atoms with Gasteiger partial charge in [0, 0.05) is 18.6 Å². The third-order valence-corrected chi connectivity index (χ3v) is 3.58. The Labute approximate surface area is 99.4 Å². The normalized spacial score (nSPS) is 16.4. The Hall–Kier alpha value is -0.170. The van der Waals surface area contributed by atoms with Crippen molar-refractivity contribution in [1.29, 1.82) is 0 Å². The van der Waals surface area contributed by atoms with Crippen molar-refractivity contribution in [2.24, 2.45) is 11.7 Å². The van der Waals surface area contributed by atoms with Crippen LogP contribution in [-0.4, -0.2) is 27.0 Å². The highest BCUT2D eigenvalue weighted by molar-refractivity contribution is 7.87. The van der Waals surface area contributed by atoms with Crippen molar-refractivity contribution in [3.05, 3.63) is 0 Å². The van der Waals surface area contributed by atoms with Crippen molar-refractivity contribution in [3.8, 4) is 0 Å². The van der Waals surface area contributed by atoms with Gasteiger partial charge in [0.15, 0.2) is 0 Å². The minimum Gasteiger partial charge on any atom is -0.329 e. The van der Waals surface area contributed by atoms with Crippen molar-refractivity contribution >= 4 is 10.2 Å². The molecule has 4 N–H and O–H groups in total. The van der Waals surface area contributed by atoms with Crippen LogP contribution in [0.5, 0.6) is 0 Å². The standard InChI is InChI=1S/C10H25N3O2S/c1-5-6-12-16(14,15)13-10(4,8-11)7-9(2)3/h9,12-13H,5-8,11H2,1-4H3. The van der Waals surface area contributed by atoms with Gasteiger partial charge in [-0.25, -0.2) is 4.72 Å². The molecule has 0 saturated heterocycles. The molecule has 0 amide bonds. The van der Waals surface area contributed by atoms with E-state index in [1.807, 2.05) is 27.7 Å². The molecule has 0 aromatic heterocycles. The van der Waals surface area contributed by atoms with Crippen molar-refractivity contribution in [2.45, 2.75) is 46.1 Å².